The number of nitro benzene ring substituents is 1. The number of hydrogen-bond acceptors (Lipinski definition) is 6. The zero-order valence-electron chi connectivity index (χ0n) is 12.3. The number of amides is 2. The van der Waals surface area contributed by atoms with Gasteiger partial charge in [-0.3, -0.25) is 24.7 Å². The summed E-state index contributed by atoms with van der Waals surface area (Å²) in [5.41, 5.74) is -0.0682. The smallest absolute Gasteiger partial charge is 0.271 e. The number of nitro groups is 1. The lowest BCUT2D eigenvalue weighted by Gasteiger charge is -2.08. The quantitative estimate of drug-likeness (QED) is 0.454. The van der Waals surface area contributed by atoms with Crippen LogP contribution in [0.1, 0.15) is 6.42 Å². The standard InChI is InChI=1S/C14H13ClN4O4S/c1-2-5-16-14-18-13(21)11(24-14)7-12(20)17-10-6-8(19(22)23)3-4-9(10)15/h2-4,6,11H,1,5,7H2,(H,17,20)(H,16,18,21)/t11-/m1/s1. The number of carbonyl (C=O) groups excluding carboxylic acids is 2. The zero-order chi connectivity index (χ0) is 17.7. The second-order valence-corrected chi connectivity index (χ2v) is 6.30. The van der Waals surface area contributed by atoms with E-state index < -0.39 is 16.1 Å². The molecule has 1 fully saturated rings. The van der Waals surface area contributed by atoms with Gasteiger partial charge in [0, 0.05) is 18.6 Å². The maximum Gasteiger partial charge on any atom is 0.271 e. The highest BCUT2D eigenvalue weighted by Gasteiger charge is 2.32. The maximum absolute atomic E-state index is 12.1. The average Bonchev–Trinajstić information content (AvgIpc) is 2.87. The number of nitrogens with one attached hydrogen (secondary N) is 2. The second kappa shape index (κ2) is 7.93. The van der Waals surface area contributed by atoms with Crippen molar-refractivity contribution in [3.05, 3.63) is 46.0 Å². The van der Waals surface area contributed by atoms with E-state index >= 15 is 0 Å². The Labute approximate surface area is 146 Å². The van der Waals surface area contributed by atoms with E-state index in [1.54, 1.807) is 6.08 Å². The predicted molar refractivity (Wildman–Crippen MR) is 93.4 cm³/mol. The molecule has 0 saturated carbocycles. The first kappa shape index (κ1) is 18.0. The van der Waals surface area contributed by atoms with Gasteiger partial charge < -0.3 is 10.6 Å². The predicted octanol–water partition coefficient (Wildman–Crippen LogP) is 2.35. The fourth-order valence-electron chi connectivity index (χ4n) is 1.85. The first-order valence-corrected chi connectivity index (χ1v) is 8.03. The third kappa shape index (κ3) is 4.56. The van der Waals surface area contributed by atoms with E-state index in [4.69, 9.17) is 11.6 Å². The Morgan fingerprint density at radius 3 is 3.00 bits per heavy atom. The number of nitrogens with zero attached hydrogens (tertiary/aromatic N) is 2. The summed E-state index contributed by atoms with van der Waals surface area (Å²) in [5, 5.41) is 15.8. The third-order valence-electron chi connectivity index (χ3n) is 2.95. The van der Waals surface area contributed by atoms with Crippen molar-refractivity contribution in [1.29, 1.82) is 0 Å². The van der Waals surface area contributed by atoms with Gasteiger partial charge in [-0.05, 0) is 6.07 Å². The molecule has 1 heterocycles. The molecule has 1 aromatic rings. The van der Waals surface area contributed by atoms with Crippen LogP contribution in [0.2, 0.25) is 5.02 Å². The van der Waals surface area contributed by atoms with Gasteiger partial charge in [0.15, 0.2) is 5.17 Å². The van der Waals surface area contributed by atoms with Crippen molar-refractivity contribution < 1.29 is 14.5 Å². The minimum Gasteiger partial charge on any atom is -0.325 e. The number of thioether (sulfide) groups is 1. The molecule has 2 amide bonds. The molecule has 2 N–H and O–H groups in total. The van der Waals surface area contributed by atoms with E-state index in [-0.39, 0.29) is 28.7 Å². The summed E-state index contributed by atoms with van der Waals surface area (Å²) in [6, 6.07) is 3.73. The van der Waals surface area contributed by atoms with Crippen molar-refractivity contribution in [3.8, 4) is 0 Å². The fraction of sp³-hybridized carbons (Fsp3) is 0.214. The molecule has 1 aromatic carbocycles. The number of rotatable bonds is 6. The molecule has 1 atom stereocenters. The Bertz CT molecular complexity index is 737. The molecule has 10 heteroatoms. The van der Waals surface area contributed by atoms with Crippen molar-refractivity contribution in [2.75, 3.05) is 11.9 Å². The van der Waals surface area contributed by atoms with Crippen LogP contribution in [0.4, 0.5) is 11.4 Å². The molecule has 1 aliphatic rings. The molecule has 0 radical (unpaired) electrons. The Kier molecular flexibility index (Phi) is 5.93. The normalized spacial score (nSPS) is 18.3. The number of aliphatic imine (C=N–C) groups is 1. The van der Waals surface area contributed by atoms with E-state index in [0.29, 0.717) is 11.7 Å². The summed E-state index contributed by atoms with van der Waals surface area (Å²) in [6.07, 6.45) is 1.48. The Morgan fingerprint density at radius 2 is 2.33 bits per heavy atom. The number of halogens is 1. The molecule has 0 spiro atoms. The van der Waals surface area contributed by atoms with Crippen LogP contribution in [0.3, 0.4) is 0 Å². The van der Waals surface area contributed by atoms with Crippen molar-refractivity contribution in [1.82, 2.24) is 5.32 Å². The van der Waals surface area contributed by atoms with Crippen molar-refractivity contribution in [2.24, 2.45) is 4.99 Å². The Hall–Kier alpha value is -2.39. The molecule has 1 saturated heterocycles. The summed E-state index contributed by atoms with van der Waals surface area (Å²) >= 11 is 7.07. The number of anilines is 1. The lowest BCUT2D eigenvalue weighted by atomic mass is 10.2. The Morgan fingerprint density at radius 1 is 1.58 bits per heavy atom. The molecule has 1 aliphatic heterocycles. The number of benzene rings is 1. The molecule has 24 heavy (non-hydrogen) atoms. The monoisotopic (exact) mass is 368 g/mol. The highest BCUT2D eigenvalue weighted by molar-refractivity contribution is 8.15. The van der Waals surface area contributed by atoms with E-state index in [2.05, 4.69) is 22.2 Å². The summed E-state index contributed by atoms with van der Waals surface area (Å²) < 4.78 is 0. The van der Waals surface area contributed by atoms with E-state index in [0.717, 1.165) is 11.8 Å². The fourth-order valence-corrected chi connectivity index (χ4v) is 3.00. The Balaban J connectivity index is 2.01. The van der Waals surface area contributed by atoms with Crippen molar-refractivity contribution >= 4 is 51.7 Å². The minimum atomic E-state index is -0.619. The van der Waals surface area contributed by atoms with Gasteiger partial charge >= 0.3 is 0 Å². The van der Waals surface area contributed by atoms with E-state index in [1.165, 1.54) is 18.2 Å². The van der Waals surface area contributed by atoms with Gasteiger partial charge in [0.2, 0.25) is 11.8 Å². The summed E-state index contributed by atoms with van der Waals surface area (Å²) in [7, 11) is 0. The topological polar surface area (TPSA) is 114 Å². The van der Waals surface area contributed by atoms with E-state index in [9.17, 15) is 19.7 Å². The zero-order valence-corrected chi connectivity index (χ0v) is 13.9. The first-order chi connectivity index (χ1) is 11.4. The third-order valence-corrected chi connectivity index (χ3v) is 4.40. The van der Waals surface area contributed by atoms with Crippen LogP contribution >= 0.6 is 23.4 Å². The molecule has 8 nitrogen and oxygen atoms in total. The van der Waals surface area contributed by atoms with Crippen LogP contribution in [-0.2, 0) is 9.59 Å². The maximum atomic E-state index is 12.1. The minimum absolute atomic E-state index is 0.109. The van der Waals surface area contributed by atoms with E-state index in [1.807, 2.05) is 0 Å². The number of non-ortho nitro benzene ring substituents is 1. The number of carbonyl (C=O) groups is 2. The van der Waals surface area contributed by atoms with Gasteiger partial charge in [-0.1, -0.05) is 29.4 Å². The molecule has 0 aromatic heterocycles. The summed E-state index contributed by atoms with van der Waals surface area (Å²) in [6.45, 7) is 3.89. The molecule has 0 aliphatic carbocycles. The largest absolute Gasteiger partial charge is 0.325 e. The molecule has 0 unspecified atom stereocenters. The molecular weight excluding hydrogens is 356 g/mol. The van der Waals surface area contributed by atoms with Gasteiger partial charge in [-0.25, -0.2) is 0 Å². The van der Waals surface area contributed by atoms with Gasteiger partial charge in [0.05, 0.1) is 22.2 Å². The van der Waals surface area contributed by atoms with Gasteiger partial charge in [0.1, 0.15) is 5.25 Å². The molecule has 126 valence electrons. The molecule has 2 rings (SSSR count). The van der Waals surface area contributed by atoms with Crippen LogP contribution in [0.25, 0.3) is 0 Å². The van der Waals surface area contributed by atoms with Crippen LogP contribution in [-0.4, -0.2) is 33.7 Å². The van der Waals surface area contributed by atoms with Gasteiger partial charge in [0.25, 0.3) is 5.69 Å². The lowest BCUT2D eigenvalue weighted by Crippen LogP contribution is -2.28. The van der Waals surface area contributed by atoms with Crippen molar-refractivity contribution in [2.45, 2.75) is 11.7 Å². The van der Waals surface area contributed by atoms with Crippen LogP contribution < -0.4 is 10.6 Å². The van der Waals surface area contributed by atoms with Crippen LogP contribution in [0.5, 0.6) is 0 Å². The van der Waals surface area contributed by atoms with Crippen molar-refractivity contribution in [3.63, 3.8) is 0 Å². The SMILES string of the molecule is C=CCN=C1NC(=O)[C@@H](CC(=O)Nc2cc([N+](=O)[O-])ccc2Cl)S1. The second-order valence-electron chi connectivity index (χ2n) is 4.70. The average molecular weight is 369 g/mol. The molecule has 0 bridgehead atoms. The number of amidine groups is 1. The van der Waals surface area contributed by atoms with Gasteiger partial charge in [-0.15, -0.1) is 6.58 Å². The van der Waals surface area contributed by atoms with Crippen LogP contribution in [0.15, 0.2) is 35.8 Å². The highest BCUT2D eigenvalue weighted by atomic mass is 35.5. The van der Waals surface area contributed by atoms with Crippen LogP contribution in [0, 0.1) is 10.1 Å². The number of hydrogen-bond donors (Lipinski definition) is 2. The summed E-state index contributed by atoms with van der Waals surface area (Å²) in [4.78, 5) is 38.2. The summed E-state index contributed by atoms with van der Waals surface area (Å²) in [5.74, 6) is -0.793. The molecular formula is C14H13ClN4O4S. The highest BCUT2D eigenvalue weighted by Crippen LogP contribution is 2.28. The first-order valence-electron chi connectivity index (χ1n) is 6.77. The van der Waals surface area contributed by atoms with Gasteiger partial charge in [-0.2, -0.15) is 0 Å². The lowest BCUT2D eigenvalue weighted by molar-refractivity contribution is -0.384.